The Kier molecular flexibility index (Phi) is 8.66. The summed E-state index contributed by atoms with van der Waals surface area (Å²) in [4.78, 5) is 23.8. The number of nitrogens with one attached hydrogen (secondary N) is 1. The van der Waals surface area contributed by atoms with E-state index in [0.29, 0.717) is 13.1 Å². The van der Waals surface area contributed by atoms with Crippen LogP contribution in [0.1, 0.15) is 47.0 Å². The Labute approximate surface area is 187 Å². The smallest absolute Gasteiger partial charge is 0.410 e. The number of aliphatic imine (C=N–C) groups is 1. The zero-order valence-electron chi connectivity index (χ0n) is 17.9. The number of piperidine rings is 1. The van der Waals surface area contributed by atoms with Crippen molar-refractivity contribution in [1.29, 1.82) is 0 Å². The van der Waals surface area contributed by atoms with Gasteiger partial charge < -0.3 is 24.8 Å². The lowest BCUT2D eigenvalue weighted by atomic mass is 9.97. The van der Waals surface area contributed by atoms with E-state index in [1.54, 1.807) is 0 Å². The fraction of sp³-hybridized carbons (Fsp3) is 0.900. The first kappa shape index (κ1) is 23.5. The summed E-state index contributed by atoms with van der Waals surface area (Å²) in [5.74, 6) is 1.77. The maximum Gasteiger partial charge on any atom is 0.410 e. The van der Waals surface area contributed by atoms with Gasteiger partial charge in [0.15, 0.2) is 5.96 Å². The Balaban J connectivity index is 0.00000280. The molecule has 0 saturated carbocycles. The van der Waals surface area contributed by atoms with Crippen LogP contribution in [0.5, 0.6) is 0 Å². The number of hydrogen-bond acceptors (Lipinski definition) is 6. The number of amides is 1. The highest BCUT2D eigenvalue weighted by atomic mass is 127. The first-order valence-corrected chi connectivity index (χ1v) is 10.6. The van der Waals surface area contributed by atoms with Crippen molar-refractivity contribution in [2.45, 2.75) is 58.6 Å². The SMILES string of the molecule is CCCN1CCC(CNC2=NCC3CN(C(=O)OC(C)(C)C)CCN23)CC1.I. The summed E-state index contributed by atoms with van der Waals surface area (Å²) in [6.07, 6.45) is 3.59. The molecule has 0 aromatic rings. The van der Waals surface area contributed by atoms with E-state index in [1.165, 1.54) is 38.9 Å². The van der Waals surface area contributed by atoms with Gasteiger partial charge in [-0.3, -0.25) is 4.99 Å². The van der Waals surface area contributed by atoms with Gasteiger partial charge in [-0.25, -0.2) is 4.79 Å². The number of halogens is 1. The van der Waals surface area contributed by atoms with Gasteiger partial charge in [-0.1, -0.05) is 6.92 Å². The van der Waals surface area contributed by atoms with Crippen molar-refractivity contribution in [1.82, 2.24) is 20.0 Å². The van der Waals surface area contributed by atoms with E-state index in [-0.39, 0.29) is 36.1 Å². The van der Waals surface area contributed by atoms with Crippen LogP contribution in [-0.2, 0) is 4.74 Å². The number of ether oxygens (including phenoxy) is 1. The van der Waals surface area contributed by atoms with Crippen LogP contribution in [0.15, 0.2) is 4.99 Å². The predicted molar refractivity (Wildman–Crippen MR) is 123 cm³/mol. The summed E-state index contributed by atoms with van der Waals surface area (Å²) in [5, 5.41) is 3.60. The minimum atomic E-state index is -0.445. The normalized spacial score (nSPS) is 23.7. The molecule has 0 radical (unpaired) electrons. The molecular weight excluding hydrogens is 469 g/mol. The molecule has 28 heavy (non-hydrogen) atoms. The third-order valence-corrected chi connectivity index (χ3v) is 5.65. The molecule has 7 nitrogen and oxygen atoms in total. The van der Waals surface area contributed by atoms with E-state index in [9.17, 15) is 4.79 Å². The minimum absolute atomic E-state index is 0. The standard InChI is InChI=1S/C20H37N5O2.HI/c1-5-8-23-9-6-16(7-10-23)13-21-18-22-14-17-15-24(11-12-25(17)18)19(26)27-20(2,3)4;/h16-17H,5-15H2,1-4H3,(H,21,22);1H. The van der Waals surface area contributed by atoms with Gasteiger partial charge in [0.2, 0.25) is 0 Å². The van der Waals surface area contributed by atoms with Crippen LogP contribution in [0.3, 0.4) is 0 Å². The Morgan fingerprint density at radius 3 is 2.57 bits per heavy atom. The fourth-order valence-electron chi connectivity index (χ4n) is 4.19. The average Bonchev–Trinajstić information content (AvgIpc) is 3.02. The van der Waals surface area contributed by atoms with Gasteiger partial charge in [-0.05, 0) is 65.6 Å². The van der Waals surface area contributed by atoms with Gasteiger partial charge in [0.25, 0.3) is 0 Å². The van der Waals surface area contributed by atoms with Crippen molar-refractivity contribution in [3.05, 3.63) is 0 Å². The van der Waals surface area contributed by atoms with E-state index in [1.807, 2.05) is 25.7 Å². The van der Waals surface area contributed by atoms with Crippen LogP contribution >= 0.6 is 24.0 Å². The first-order valence-electron chi connectivity index (χ1n) is 10.6. The van der Waals surface area contributed by atoms with Crippen LogP contribution in [0.2, 0.25) is 0 Å². The van der Waals surface area contributed by atoms with Crippen molar-refractivity contribution >= 4 is 36.0 Å². The Bertz CT molecular complexity index is 543. The van der Waals surface area contributed by atoms with E-state index >= 15 is 0 Å². The van der Waals surface area contributed by atoms with Crippen LogP contribution in [0.25, 0.3) is 0 Å². The maximum atomic E-state index is 12.3. The van der Waals surface area contributed by atoms with E-state index in [2.05, 4.69) is 22.0 Å². The molecule has 0 aliphatic carbocycles. The molecule has 1 atom stereocenters. The van der Waals surface area contributed by atoms with Crippen LogP contribution in [0, 0.1) is 5.92 Å². The summed E-state index contributed by atoms with van der Waals surface area (Å²) in [6.45, 7) is 15.7. The molecule has 1 unspecified atom stereocenters. The lowest BCUT2D eigenvalue weighted by Crippen LogP contribution is -2.58. The first-order chi connectivity index (χ1) is 12.9. The second-order valence-electron chi connectivity index (χ2n) is 9.10. The van der Waals surface area contributed by atoms with Crippen LogP contribution in [-0.4, -0.2) is 90.8 Å². The number of fused-ring (bicyclic) bond motifs is 1. The summed E-state index contributed by atoms with van der Waals surface area (Å²) in [6, 6.07) is 0.278. The summed E-state index contributed by atoms with van der Waals surface area (Å²) in [5.41, 5.74) is -0.445. The monoisotopic (exact) mass is 507 g/mol. The van der Waals surface area contributed by atoms with E-state index in [4.69, 9.17) is 9.73 Å². The molecule has 0 bridgehead atoms. The Hall–Kier alpha value is -0.770. The van der Waals surface area contributed by atoms with Crippen molar-refractivity contribution in [3.63, 3.8) is 0 Å². The molecule has 2 fully saturated rings. The van der Waals surface area contributed by atoms with Crippen molar-refractivity contribution in [2.24, 2.45) is 10.9 Å². The van der Waals surface area contributed by atoms with Gasteiger partial charge in [0.05, 0.1) is 12.6 Å². The van der Waals surface area contributed by atoms with Gasteiger partial charge in [0, 0.05) is 26.2 Å². The average molecular weight is 507 g/mol. The van der Waals surface area contributed by atoms with Crippen LogP contribution in [0.4, 0.5) is 4.79 Å². The molecule has 2 saturated heterocycles. The number of likely N-dealkylation sites (tertiary alicyclic amines) is 1. The predicted octanol–water partition coefficient (Wildman–Crippen LogP) is 2.61. The molecule has 8 heteroatoms. The van der Waals surface area contributed by atoms with Crippen molar-refractivity contribution in [3.8, 4) is 0 Å². The number of hydrogen-bond donors (Lipinski definition) is 1. The third-order valence-electron chi connectivity index (χ3n) is 5.65. The quantitative estimate of drug-likeness (QED) is 0.593. The number of carbonyl (C=O) groups excluding carboxylic acids is 1. The highest BCUT2D eigenvalue weighted by molar-refractivity contribution is 14.0. The maximum absolute atomic E-state index is 12.3. The van der Waals surface area contributed by atoms with Crippen molar-refractivity contribution < 1.29 is 9.53 Å². The van der Waals surface area contributed by atoms with Gasteiger partial charge >= 0.3 is 6.09 Å². The van der Waals surface area contributed by atoms with E-state index < -0.39 is 5.60 Å². The number of nitrogens with zero attached hydrogens (tertiary/aromatic N) is 4. The van der Waals surface area contributed by atoms with Gasteiger partial charge in [-0.2, -0.15) is 0 Å². The zero-order valence-corrected chi connectivity index (χ0v) is 20.3. The van der Waals surface area contributed by atoms with E-state index in [0.717, 1.165) is 31.5 Å². The molecular formula is C20H38IN5O2. The van der Waals surface area contributed by atoms with Gasteiger partial charge in [0.1, 0.15) is 5.60 Å². The lowest BCUT2D eigenvalue weighted by Gasteiger charge is -2.39. The minimum Gasteiger partial charge on any atom is -0.444 e. The molecule has 0 aromatic heterocycles. The fourth-order valence-corrected chi connectivity index (χ4v) is 4.19. The molecule has 0 spiro atoms. The second-order valence-corrected chi connectivity index (χ2v) is 9.10. The topological polar surface area (TPSA) is 60.4 Å². The highest BCUT2D eigenvalue weighted by Crippen LogP contribution is 2.20. The molecule has 3 rings (SSSR count). The zero-order chi connectivity index (χ0) is 19.4. The summed E-state index contributed by atoms with van der Waals surface area (Å²) >= 11 is 0. The lowest BCUT2D eigenvalue weighted by molar-refractivity contribution is 0.0137. The highest BCUT2D eigenvalue weighted by Gasteiger charge is 2.36. The largest absolute Gasteiger partial charge is 0.444 e. The van der Waals surface area contributed by atoms with Crippen molar-refractivity contribution in [2.75, 3.05) is 52.4 Å². The third kappa shape index (κ3) is 6.37. The summed E-state index contributed by atoms with van der Waals surface area (Å²) in [7, 11) is 0. The molecule has 1 amide bonds. The molecule has 3 heterocycles. The Morgan fingerprint density at radius 2 is 1.93 bits per heavy atom. The van der Waals surface area contributed by atoms with Crippen LogP contribution < -0.4 is 5.32 Å². The summed E-state index contributed by atoms with van der Waals surface area (Å²) < 4.78 is 5.52. The molecule has 162 valence electrons. The number of rotatable bonds is 4. The van der Waals surface area contributed by atoms with Gasteiger partial charge in [-0.15, -0.1) is 24.0 Å². The second kappa shape index (κ2) is 10.3. The molecule has 3 aliphatic rings. The molecule has 1 N–H and O–H groups in total. The number of piperazine rings is 1. The number of carbonyl (C=O) groups is 1. The number of guanidine groups is 1. The molecule has 0 aromatic carbocycles. The Morgan fingerprint density at radius 1 is 1.21 bits per heavy atom. The molecule has 3 aliphatic heterocycles.